The number of anilines is 1. The highest BCUT2D eigenvalue weighted by Gasteiger charge is 2.29. The third-order valence-electron chi connectivity index (χ3n) is 6.61. The highest BCUT2D eigenvalue weighted by atomic mass is 32.1. The van der Waals surface area contributed by atoms with Crippen LogP contribution in [-0.4, -0.2) is 42.0 Å². The predicted molar refractivity (Wildman–Crippen MR) is 134 cm³/mol. The third kappa shape index (κ3) is 5.01. The van der Waals surface area contributed by atoms with Crippen molar-refractivity contribution in [3.05, 3.63) is 53.0 Å². The Labute approximate surface area is 203 Å². The molecule has 2 aromatic heterocycles. The van der Waals surface area contributed by atoms with Crippen LogP contribution in [0.25, 0.3) is 10.2 Å². The van der Waals surface area contributed by atoms with E-state index in [1.807, 2.05) is 60.2 Å². The van der Waals surface area contributed by atoms with Gasteiger partial charge in [-0.3, -0.25) is 14.4 Å². The topological polar surface area (TPSA) is 80.6 Å². The fourth-order valence-electron chi connectivity index (χ4n) is 4.68. The molecule has 1 aliphatic carbocycles. The van der Waals surface area contributed by atoms with E-state index in [0.717, 1.165) is 34.3 Å². The van der Waals surface area contributed by atoms with Crippen molar-refractivity contribution in [2.75, 3.05) is 18.6 Å². The second kappa shape index (κ2) is 10.4. The Bertz CT molecular complexity index is 1170. The van der Waals surface area contributed by atoms with Crippen molar-refractivity contribution < 1.29 is 19.1 Å². The Kier molecular flexibility index (Phi) is 7.36. The van der Waals surface area contributed by atoms with E-state index in [0.29, 0.717) is 25.1 Å². The number of carbonyl (C=O) groups is 3. The van der Waals surface area contributed by atoms with Gasteiger partial charge in [0.25, 0.3) is 5.91 Å². The van der Waals surface area contributed by atoms with Gasteiger partial charge in [0.1, 0.15) is 12.2 Å². The van der Waals surface area contributed by atoms with Gasteiger partial charge in [-0.2, -0.15) is 0 Å². The largest absolute Gasteiger partial charge is 0.469 e. The smallest absolute Gasteiger partial charge is 0.308 e. The summed E-state index contributed by atoms with van der Waals surface area (Å²) in [7, 11) is 1.41. The van der Waals surface area contributed by atoms with Crippen molar-refractivity contribution in [3.63, 3.8) is 0 Å². The van der Waals surface area contributed by atoms with E-state index >= 15 is 0 Å². The second-order valence-electron chi connectivity index (χ2n) is 8.80. The molecule has 1 N–H and O–H groups in total. The Morgan fingerprint density at radius 2 is 1.82 bits per heavy atom. The number of thiophene rings is 1. The summed E-state index contributed by atoms with van der Waals surface area (Å²) in [5.74, 6) is -0.517. The zero-order valence-corrected chi connectivity index (χ0v) is 20.7. The summed E-state index contributed by atoms with van der Waals surface area (Å²) in [5.41, 5.74) is 3.36. The number of likely N-dealkylation sites (N-methyl/N-ethyl adjacent to an activating group) is 1. The van der Waals surface area contributed by atoms with Crippen LogP contribution < -0.4 is 10.2 Å². The lowest BCUT2D eigenvalue weighted by molar-refractivity contribution is -0.146. The quantitative estimate of drug-likeness (QED) is 0.503. The van der Waals surface area contributed by atoms with Crippen LogP contribution in [0.4, 0.5) is 5.69 Å². The molecule has 2 heterocycles. The fraction of sp³-hybridized carbons (Fsp3) is 0.423. The summed E-state index contributed by atoms with van der Waals surface area (Å²) < 4.78 is 7.65. The summed E-state index contributed by atoms with van der Waals surface area (Å²) in [6.45, 7) is 4.59. The normalized spacial score (nSPS) is 18.0. The molecule has 0 atom stereocenters. The molecule has 180 valence electrons. The van der Waals surface area contributed by atoms with Crippen LogP contribution >= 0.6 is 11.3 Å². The number of rotatable bonds is 7. The SMILES string of the molecule is CCN(C(=O)Cn1c(C(=O)NC2CCC(C(=O)OC)CC2)cc2sccc21)c1ccc(C)cc1. The van der Waals surface area contributed by atoms with Crippen LogP contribution in [0.5, 0.6) is 0 Å². The van der Waals surface area contributed by atoms with Crippen molar-refractivity contribution in [2.45, 2.75) is 52.1 Å². The number of methoxy groups -OCH3 is 1. The average Bonchev–Trinajstić information content (AvgIpc) is 3.43. The molecule has 0 unspecified atom stereocenters. The number of fused-ring (bicyclic) bond motifs is 1. The monoisotopic (exact) mass is 481 g/mol. The van der Waals surface area contributed by atoms with Crippen LogP contribution in [0, 0.1) is 12.8 Å². The molecule has 1 aromatic carbocycles. The number of nitrogens with zero attached hydrogens (tertiary/aromatic N) is 2. The summed E-state index contributed by atoms with van der Waals surface area (Å²) in [6.07, 6.45) is 2.87. The first kappa shape index (κ1) is 24.0. The summed E-state index contributed by atoms with van der Waals surface area (Å²) >= 11 is 1.55. The Hall–Kier alpha value is -3.13. The Morgan fingerprint density at radius 3 is 2.47 bits per heavy atom. The Morgan fingerprint density at radius 1 is 1.12 bits per heavy atom. The molecule has 0 aliphatic heterocycles. The number of ether oxygens (including phenoxy) is 1. The van der Waals surface area contributed by atoms with Gasteiger partial charge in [0.15, 0.2) is 0 Å². The second-order valence-corrected chi connectivity index (χ2v) is 9.75. The molecule has 1 saturated carbocycles. The van der Waals surface area contributed by atoms with Gasteiger partial charge in [0.05, 0.1) is 23.2 Å². The zero-order chi connectivity index (χ0) is 24.2. The zero-order valence-electron chi connectivity index (χ0n) is 19.9. The van der Waals surface area contributed by atoms with Gasteiger partial charge in [-0.25, -0.2) is 0 Å². The highest BCUT2D eigenvalue weighted by Crippen LogP contribution is 2.28. The van der Waals surface area contributed by atoms with Crippen molar-refractivity contribution in [2.24, 2.45) is 5.92 Å². The van der Waals surface area contributed by atoms with Crippen molar-refractivity contribution in [3.8, 4) is 0 Å². The van der Waals surface area contributed by atoms with Gasteiger partial charge >= 0.3 is 5.97 Å². The van der Waals surface area contributed by atoms with Crippen molar-refractivity contribution >= 4 is 45.0 Å². The predicted octanol–water partition coefficient (Wildman–Crippen LogP) is 4.53. The van der Waals surface area contributed by atoms with Crippen LogP contribution in [-0.2, 0) is 20.9 Å². The molecule has 8 heteroatoms. The maximum Gasteiger partial charge on any atom is 0.308 e. The number of hydrogen-bond donors (Lipinski definition) is 1. The van der Waals surface area contributed by atoms with Gasteiger partial charge < -0.3 is 19.5 Å². The van der Waals surface area contributed by atoms with E-state index in [1.165, 1.54) is 7.11 Å². The lowest BCUT2D eigenvalue weighted by Crippen LogP contribution is -2.40. The molecule has 0 saturated heterocycles. The first-order valence-electron chi connectivity index (χ1n) is 11.7. The minimum absolute atomic E-state index is 0.00481. The fourth-order valence-corrected chi connectivity index (χ4v) is 5.51. The minimum atomic E-state index is -0.184. The molecule has 4 rings (SSSR count). The third-order valence-corrected chi connectivity index (χ3v) is 7.46. The van der Waals surface area contributed by atoms with Gasteiger partial charge in [-0.15, -0.1) is 11.3 Å². The van der Waals surface area contributed by atoms with Crippen LogP contribution in [0.15, 0.2) is 41.8 Å². The number of aromatic nitrogens is 1. The Balaban J connectivity index is 1.50. The van der Waals surface area contributed by atoms with Crippen molar-refractivity contribution in [1.82, 2.24) is 9.88 Å². The summed E-state index contributed by atoms with van der Waals surface area (Å²) in [5, 5.41) is 5.10. The first-order valence-corrected chi connectivity index (χ1v) is 12.6. The number of nitrogens with one attached hydrogen (secondary N) is 1. The van der Waals surface area contributed by atoms with Crippen LogP contribution in [0.1, 0.15) is 48.7 Å². The lowest BCUT2D eigenvalue weighted by Gasteiger charge is -2.27. The van der Waals surface area contributed by atoms with Gasteiger partial charge in [0.2, 0.25) is 5.91 Å². The molecule has 0 bridgehead atoms. The molecule has 3 aromatic rings. The van der Waals surface area contributed by atoms with E-state index in [4.69, 9.17) is 4.74 Å². The van der Waals surface area contributed by atoms with Crippen molar-refractivity contribution in [1.29, 1.82) is 0 Å². The van der Waals surface area contributed by atoms with E-state index in [9.17, 15) is 14.4 Å². The van der Waals surface area contributed by atoms with E-state index < -0.39 is 0 Å². The van der Waals surface area contributed by atoms with E-state index in [-0.39, 0.29) is 36.3 Å². The van der Waals surface area contributed by atoms with Gasteiger partial charge in [-0.05, 0) is 69.2 Å². The van der Waals surface area contributed by atoms with Crippen LogP contribution in [0.3, 0.4) is 0 Å². The molecule has 7 nitrogen and oxygen atoms in total. The maximum absolute atomic E-state index is 13.3. The number of aryl methyl sites for hydroxylation is 1. The van der Waals surface area contributed by atoms with Crippen LogP contribution in [0.2, 0.25) is 0 Å². The summed E-state index contributed by atoms with van der Waals surface area (Å²) in [4.78, 5) is 40.1. The highest BCUT2D eigenvalue weighted by molar-refractivity contribution is 7.17. The number of carbonyl (C=O) groups excluding carboxylic acids is 3. The maximum atomic E-state index is 13.3. The van der Waals surface area contributed by atoms with Gasteiger partial charge in [-0.1, -0.05) is 17.7 Å². The van der Waals surface area contributed by atoms with E-state index in [2.05, 4.69) is 5.32 Å². The minimum Gasteiger partial charge on any atom is -0.469 e. The first-order chi connectivity index (χ1) is 16.4. The molecule has 2 amide bonds. The molecule has 34 heavy (non-hydrogen) atoms. The standard InChI is InChI=1S/C26H31N3O4S/c1-4-28(20-11-5-17(2)6-12-20)24(30)16-29-21-13-14-34-23(21)15-22(29)25(31)27-19-9-7-18(8-10-19)26(32)33-3/h5-6,11-15,18-19H,4,7-10,16H2,1-3H3,(H,27,31). The lowest BCUT2D eigenvalue weighted by atomic mass is 9.86. The molecule has 1 fully saturated rings. The molecule has 0 radical (unpaired) electrons. The number of benzene rings is 1. The van der Waals surface area contributed by atoms with E-state index in [1.54, 1.807) is 16.2 Å². The van der Waals surface area contributed by atoms with Gasteiger partial charge in [0, 0.05) is 18.3 Å². The molecular formula is C26H31N3O4S. The molecule has 1 aliphatic rings. The molecule has 0 spiro atoms. The number of amides is 2. The average molecular weight is 482 g/mol. The number of hydrogen-bond acceptors (Lipinski definition) is 5. The number of esters is 1. The molecular weight excluding hydrogens is 450 g/mol. The summed E-state index contributed by atoms with van der Waals surface area (Å²) in [6, 6.07) is 11.7.